The lowest BCUT2D eigenvalue weighted by Gasteiger charge is -2.08. The predicted molar refractivity (Wildman–Crippen MR) is 86.4 cm³/mol. The topological polar surface area (TPSA) is 51.3 Å². The summed E-state index contributed by atoms with van der Waals surface area (Å²) < 4.78 is 0. The smallest absolute Gasteiger partial charge is 0.0346 e. The molecule has 0 aliphatic heterocycles. The molecule has 2 rings (SSSR count). The third-order valence-electron chi connectivity index (χ3n) is 2.94. The molecule has 1 aromatic heterocycles. The van der Waals surface area contributed by atoms with Gasteiger partial charge in [0.2, 0.25) is 0 Å². The summed E-state index contributed by atoms with van der Waals surface area (Å²) in [7, 11) is 0. The minimum atomic E-state index is 0.736. The maximum Gasteiger partial charge on any atom is 0.0346 e. The number of benzene rings is 1. The van der Waals surface area contributed by atoms with Gasteiger partial charge in [0.15, 0.2) is 0 Å². The first-order valence-corrected chi connectivity index (χ1v) is 6.31. The van der Waals surface area contributed by atoms with E-state index in [0.717, 1.165) is 28.0 Å². The summed E-state index contributed by atoms with van der Waals surface area (Å²) in [5, 5.41) is 0. The Kier molecular flexibility index (Phi) is 4.45. The van der Waals surface area contributed by atoms with Gasteiger partial charge in [0.1, 0.15) is 0 Å². The third kappa shape index (κ3) is 3.42. The predicted octanol–water partition coefficient (Wildman–Crippen LogP) is 3.95. The van der Waals surface area contributed by atoms with Crippen LogP contribution in [0.5, 0.6) is 0 Å². The minimum absolute atomic E-state index is 0.736. The molecule has 0 saturated heterocycles. The Hall–Kier alpha value is -2.68. The van der Waals surface area contributed by atoms with E-state index in [-0.39, 0.29) is 0 Å². The molecule has 1 aromatic carbocycles. The Morgan fingerprint density at radius 3 is 2.85 bits per heavy atom. The Morgan fingerprint density at radius 2 is 2.15 bits per heavy atom. The fraction of sp³-hybridized carbons (Fsp3) is 0.0588. The lowest BCUT2D eigenvalue weighted by Crippen LogP contribution is -1.90. The van der Waals surface area contributed by atoms with Crippen LogP contribution in [0.2, 0.25) is 0 Å². The van der Waals surface area contributed by atoms with Crippen molar-refractivity contribution in [3.05, 3.63) is 66.6 Å². The maximum atomic E-state index is 6.00. The molecule has 3 nitrogen and oxygen atoms in total. The molecule has 1 heterocycles. The maximum absolute atomic E-state index is 6.00. The highest BCUT2D eigenvalue weighted by molar-refractivity contribution is 5.76. The first-order chi connectivity index (χ1) is 9.70. The summed E-state index contributed by atoms with van der Waals surface area (Å²) in [6.07, 6.45) is 9.08. The molecule has 0 bridgehead atoms. The Labute approximate surface area is 119 Å². The van der Waals surface area contributed by atoms with Gasteiger partial charge in [-0.05, 0) is 60.7 Å². The summed E-state index contributed by atoms with van der Waals surface area (Å²) in [6, 6.07) is 9.95. The van der Waals surface area contributed by atoms with E-state index in [1.54, 1.807) is 12.4 Å². The molecule has 0 radical (unpaired) electrons. The monoisotopic (exact) mass is 263 g/mol. The number of hydrogen-bond donors (Lipinski definition) is 1. The van der Waals surface area contributed by atoms with Crippen LogP contribution in [0, 0.1) is 0 Å². The normalized spacial score (nSPS) is 11.8. The molecular formula is C17H17N3. The van der Waals surface area contributed by atoms with Gasteiger partial charge in [-0.2, -0.15) is 0 Å². The zero-order valence-electron chi connectivity index (χ0n) is 11.5. The summed E-state index contributed by atoms with van der Waals surface area (Å²) in [6.45, 7) is 5.44. The number of anilines is 1. The number of aliphatic imine (C=N–C) groups is 1. The van der Waals surface area contributed by atoms with E-state index >= 15 is 0 Å². The van der Waals surface area contributed by atoms with Crippen LogP contribution < -0.4 is 5.73 Å². The fourth-order valence-electron chi connectivity index (χ4n) is 1.92. The average Bonchev–Trinajstić information content (AvgIpc) is 2.47. The zero-order valence-corrected chi connectivity index (χ0v) is 11.5. The van der Waals surface area contributed by atoms with E-state index in [2.05, 4.69) is 22.8 Å². The van der Waals surface area contributed by atoms with E-state index in [9.17, 15) is 0 Å². The van der Waals surface area contributed by atoms with Gasteiger partial charge >= 0.3 is 0 Å². The number of nitrogen functional groups attached to an aromatic ring is 1. The van der Waals surface area contributed by atoms with Crippen molar-refractivity contribution in [3.8, 4) is 11.1 Å². The van der Waals surface area contributed by atoms with Crippen LogP contribution in [-0.2, 0) is 0 Å². The summed E-state index contributed by atoms with van der Waals surface area (Å²) in [5.74, 6) is 0. The number of rotatable bonds is 4. The molecular weight excluding hydrogens is 246 g/mol. The Balaban J connectivity index is 2.41. The highest BCUT2D eigenvalue weighted by Crippen LogP contribution is 2.26. The van der Waals surface area contributed by atoms with Crippen LogP contribution in [0.3, 0.4) is 0 Å². The van der Waals surface area contributed by atoms with Crippen LogP contribution in [0.25, 0.3) is 16.7 Å². The number of aromatic nitrogens is 1. The molecule has 3 heteroatoms. The molecule has 0 saturated carbocycles. The van der Waals surface area contributed by atoms with Crippen molar-refractivity contribution >= 4 is 18.0 Å². The minimum Gasteiger partial charge on any atom is -0.399 e. The van der Waals surface area contributed by atoms with Crippen LogP contribution in [0.4, 0.5) is 5.69 Å². The summed E-state index contributed by atoms with van der Waals surface area (Å²) in [5.41, 5.74) is 11.0. The van der Waals surface area contributed by atoms with Gasteiger partial charge in [-0.3, -0.25) is 9.98 Å². The Morgan fingerprint density at radius 1 is 1.30 bits per heavy atom. The van der Waals surface area contributed by atoms with Gasteiger partial charge < -0.3 is 5.73 Å². The van der Waals surface area contributed by atoms with Crippen LogP contribution in [0.15, 0.2) is 66.1 Å². The highest BCUT2D eigenvalue weighted by Gasteiger charge is 2.03. The molecule has 0 aliphatic carbocycles. The molecule has 2 N–H and O–H groups in total. The molecule has 100 valence electrons. The van der Waals surface area contributed by atoms with E-state index in [0.29, 0.717) is 0 Å². The van der Waals surface area contributed by atoms with Crippen molar-refractivity contribution in [1.82, 2.24) is 4.98 Å². The molecule has 0 fully saturated rings. The number of allylic oxidation sites excluding steroid dienone is 3. The second-order valence-corrected chi connectivity index (χ2v) is 4.46. The number of nitrogens with two attached hydrogens (primary N) is 1. The second-order valence-electron chi connectivity index (χ2n) is 4.46. The lowest BCUT2D eigenvalue weighted by atomic mass is 9.99. The Bertz CT molecular complexity index is 655. The quantitative estimate of drug-likeness (QED) is 0.516. The van der Waals surface area contributed by atoms with E-state index in [1.165, 1.54) is 0 Å². The van der Waals surface area contributed by atoms with Crippen LogP contribution in [0.1, 0.15) is 12.5 Å². The molecule has 0 atom stereocenters. The van der Waals surface area contributed by atoms with Crippen LogP contribution >= 0.6 is 0 Å². The summed E-state index contributed by atoms with van der Waals surface area (Å²) >= 11 is 0. The fourth-order valence-corrected chi connectivity index (χ4v) is 1.92. The van der Waals surface area contributed by atoms with E-state index < -0.39 is 0 Å². The zero-order chi connectivity index (χ0) is 14.4. The first kappa shape index (κ1) is 13.7. The SMILES string of the molecule is C=N/C=C\C=C(/C)c1cc(N)cc(-c2cccnc2)c1. The molecule has 0 amide bonds. The molecule has 20 heavy (non-hydrogen) atoms. The average molecular weight is 263 g/mol. The van der Waals surface area contributed by atoms with Gasteiger partial charge in [-0.1, -0.05) is 12.1 Å². The van der Waals surface area contributed by atoms with Crippen LogP contribution in [-0.4, -0.2) is 11.7 Å². The first-order valence-electron chi connectivity index (χ1n) is 6.31. The van der Waals surface area contributed by atoms with Gasteiger partial charge in [0, 0.05) is 29.8 Å². The largest absolute Gasteiger partial charge is 0.399 e. The van der Waals surface area contributed by atoms with Gasteiger partial charge in [0.05, 0.1) is 0 Å². The third-order valence-corrected chi connectivity index (χ3v) is 2.94. The van der Waals surface area contributed by atoms with Crippen molar-refractivity contribution in [1.29, 1.82) is 0 Å². The van der Waals surface area contributed by atoms with E-state index in [1.807, 2.05) is 49.5 Å². The number of hydrogen-bond acceptors (Lipinski definition) is 3. The van der Waals surface area contributed by atoms with Crippen molar-refractivity contribution < 1.29 is 0 Å². The molecule has 0 spiro atoms. The van der Waals surface area contributed by atoms with Crippen molar-refractivity contribution in [3.63, 3.8) is 0 Å². The van der Waals surface area contributed by atoms with Crippen molar-refractivity contribution in [2.75, 3.05) is 5.73 Å². The standard InChI is InChI=1S/C17H17N3/c1-13(5-3-7-19-2)15-9-16(11-17(18)10-15)14-6-4-8-20-12-14/h3-12H,2,18H2,1H3/b7-3-,13-5+. The summed E-state index contributed by atoms with van der Waals surface area (Å²) in [4.78, 5) is 7.82. The lowest BCUT2D eigenvalue weighted by molar-refractivity contribution is 1.33. The van der Waals surface area contributed by atoms with Gasteiger partial charge in [-0.25, -0.2) is 0 Å². The highest BCUT2D eigenvalue weighted by atomic mass is 14.6. The number of nitrogens with zero attached hydrogens (tertiary/aromatic N) is 2. The van der Waals surface area contributed by atoms with Crippen molar-refractivity contribution in [2.45, 2.75) is 6.92 Å². The molecule has 2 aromatic rings. The van der Waals surface area contributed by atoms with Crippen molar-refractivity contribution in [2.24, 2.45) is 4.99 Å². The van der Waals surface area contributed by atoms with E-state index in [4.69, 9.17) is 5.73 Å². The van der Waals surface area contributed by atoms with Gasteiger partial charge in [0.25, 0.3) is 0 Å². The van der Waals surface area contributed by atoms with Gasteiger partial charge in [-0.15, -0.1) is 0 Å². The second kappa shape index (κ2) is 6.48. The molecule has 0 aliphatic rings. The molecule has 0 unspecified atom stereocenters. The number of pyridine rings is 1.